The maximum atomic E-state index is 12.5. The molecule has 6 nitrogen and oxygen atoms in total. The molecule has 0 aliphatic carbocycles. The number of nitrogens with one attached hydrogen (secondary N) is 1. The second kappa shape index (κ2) is 7.55. The molecule has 3 rings (SSSR count). The molecule has 1 N–H and O–H groups in total. The highest BCUT2D eigenvalue weighted by molar-refractivity contribution is 7.92. The van der Waals surface area contributed by atoms with Crippen LogP contribution in [-0.4, -0.2) is 45.4 Å². The molecular formula is C18H20ClN3O3S. The number of sulfonamides is 1. The first-order valence-electron chi connectivity index (χ1n) is 8.24. The number of nitrogens with zero attached hydrogens (tertiary/aromatic N) is 2. The smallest absolute Gasteiger partial charge is 0.261 e. The summed E-state index contributed by atoms with van der Waals surface area (Å²) in [7, 11) is -3.71. The minimum atomic E-state index is -3.71. The van der Waals surface area contributed by atoms with Crippen LogP contribution in [0, 0.1) is 0 Å². The van der Waals surface area contributed by atoms with Crippen LogP contribution in [-0.2, 0) is 14.8 Å². The summed E-state index contributed by atoms with van der Waals surface area (Å²) in [5.74, 6) is 0.0766. The number of anilines is 2. The minimum Gasteiger partial charge on any atom is -0.368 e. The first-order chi connectivity index (χ1) is 12.3. The lowest BCUT2D eigenvalue weighted by Gasteiger charge is -2.35. The van der Waals surface area contributed by atoms with Crippen LogP contribution in [0.15, 0.2) is 53.4 Å². The van der Waals surface area contributed by atoms with Crippen LogP contribution in [0.5, 0.6) is 0 Å². The van der Waals surface area contributed by atoms with Crippen LogP contribution in [0.2, 0.25) is 5.02 Å². The van der Waals surface area contributed by atoms with Gasteiger partial charge in [0.05, 0.1) is 10.6 Å². The lowest BCUT2D eigenvalue weighted by Crippen LogP contribution is -2.48. The zero-order chi connectivity index (χ0) is 18.7. The topological polar surface area (TPSA) is 69.7 Å². The Morgan fingerprint density at radius 2 is 1.73 bits per heavy atom. The van der Waals surface area contributed by atoms with E-state index in [4.69, 9.17) is 11.6 Å². The predicted molar refractivity (Wildman–Crippen MR) is 103 cm³/mol. The molecule has 1 heterocycles. The van der Waals surface area contributed by atoms with Gasteiger partial charge in [0.1, 0.15) is 0 Å². The molecule has 1 aliphatic rings. The summed E-state index contributed by atoms with van der Waals surface area (Å²) in [6.07, 6.45) is 0. The molecule has 1 saturated heterocycles. The van der Waals surface area contributed by atoms with Crippen molar-refractivity contribution in [1.29, 1.82) is 0 Å². The molecular weight excluding hydrogens is 374 g/mol. The van der Waals surface area contributed by atoms with Crippen molar-refractivity contribution in [2.75, 3.05) is 35.8 Å². The highest BCUT2D eigenvalue weighted by atomic mass is 35.5. The van der Waals surface area contributed by atoms with E-state index < -0.39 is 10.0 Å². The quantitative estimate of drug-likeness (QED) is 0.867. The second-order valence-corrected chi connectivity index (χ2v) is 8.23. The van der Waals surface area contributed by atoms with Gasteiger partial charge in [-0.2, -0.15) is 0 Å². The van der Waals surface area contributed by atoms with Gasteiger partial charge in [-0.1, -0.05) is 23.7 Å². The van der Waals surface area contributed by atoms with Crippen LogP contribution < -0.4 is 9.62 Å². The number of amides is 1. The average molecular weight is 394 g/mol. The van der Waals surface area contributed by atoms with Gasteiger partial charge in [-0.15, -0.1) is 0 Å². The van der Waals surface area contributed by atoms with E-state index in [0.29, 0.717) is 36.9 Å². The van der Waals surface area contributed by atoms with E-state index >= 15 is 0 Å². The Hall–Kier alpha value is -2.25. The average Bonchev–Trinajstić information content (AvgIpc) is 2.62. The van der Waals surface area contributed by atoms with Crippen LogP contribution in [0.4, 0.5) is 11.4 Å². The number of halogens is 1. The van der Waals surface area contributed by atoms with Crippen molar-refractivity contribution in [2.45, 2.75) is 11.8 Å². The van der Waals surface area contributed by atoms with Crippen LogP contribution in [0.3, 0.4) is 0 Å². The van der Waals surface area contributed by atoms with Crippen molar-refractivity contribution in [3.8, 4) is 0 Å². The largest absolute Gasteiger partial charge is 0.368 e. The van der Waals surface area contributed by atoms with Gasteiger partial charge < -0.3 is 9.80 Å². The van der Waals surface area contributed by atoms with Gasteiger partial charge in [0.15, 0.2) is 0 Å². The number of carbonyl (C=O) groups excluding carboxylic acids is 1. The summed E-state index contributed by atoms with van der Waals surface area (Å²) >= 11 is 5.89. The Balaban J connectivity index is 1.75. The summed E-state index contributed by atoms with van der Waals surface area (Å²) in [5.41, 5.74) is 1.40. The maximum absolute atomic E-state index is 12.5. The molecule has 1 amide bonds. The molecule has 0 unspecified atom stereocenters. The lowest BCUT2D eigenvalue weighted by atomic mass is 10.2. The molecule has 1 aliphatic heterocycles. The number of hydrogen-bond acceptors (Lipinski definition) is 4. The molecule has 0 saturated carbocycles. The van der Waals surface area contributed by atoms with Crippen molar-refractivity contribution in [1.82, 2.24) is 4.90 Å². The number of carbonyl (C=O) groups is 1. The fourth-order valence-corrected chi connectivity index (χ4v) is 4.24. The summed E-state index contributed by atoms with van der Waals surface area (Å²) in [6.45, 7) is 4.32. The number of rotatable bonds is 4. The van der Waals surface area contributed by atoms with E-state index in [2.05, 4.69) is 9.62 Å². The monoisotopic (exact) mass is 393 g/mol. The molecule has 2 aromatic carbocycles. The van der Waals surface area contributed by atoms with Crippen molar-refractivity contribution in [3.05, 3.63) is 53.6 Å². The Labute approximate surface area is 158 Å². The first kappa shape index (κ1) is 18.5. The molecule has 2 aromatic rings. The van der Waals surface area contributed by atoms with Crippen molar-refractivity contribution < 1.29 is 13.2 Å². The van der Waals surface area contributed by atoms with Gasteiger partial charge >= 0.3 is 0 Å². The molecule has 1 fully saturated rings. The molecule has 138 valence electrons. The zero-order valence-corrected chi connectivity index (χ0v) is 15.9. The molecule has 0 spiro atoms. The molecule has 0 bridgehead atoms. The van der Waals surface area contributed by atoms with Crippen molar-refractivity contribution in [3.63, 3.8) is 0 Å². The predicted octanol–water partition coefficient (Wildman–Crippen LogP) is 2.81. The fourth-order valence-electron chi connectivity index (χ4n) is 2.89. The fraction of sp³-hybridized carbons (Fsp3) is 0.278. The third-order valence-electron chi connectivity index (χ3n) is 4.29. The van der Waals surface area contributed by atoms with Gasteiger partial charge in [0, 0.05) is 43.8 Å². The zero-order valence-electron chi connectivity index (χ0n) is 14.4. The Kier molecular flexibility index (Phi) is 5.38. The summed E-state index contributed by atoms with van der Waals surface area (Å²) in [6, 6.07) is 13.4. The highest BCUT2D eigenvalue weighted by Crippen LogP contribution is 2.24. The third kappa shape index (κ3) is 4.28. The Morgan fingerprint density at radius 3 is 2.38 bits per heavy atom. The second-order valence-electron chi connectivity index (χ2n) is 6.11. The summed E-state index contributed by atoms with van der Waals surface area (Å²) in [5, 5.41) is 0.366. The molecule has 8 heteroatoms. The van der Waals surface area contributed by atoms with E-state index in [0.717, 1.165) is 5.69 Å². The van der Waals surface area contributed by atoms with Gasteiger partial charge in [0.25, 0.3) is 10.0 Å². The minimum absolute atomic E-state index is 0.0766. The van der Waals surface area contributed by atoms with E-state index in [9.17, 15) is 13.2 Å². The Morgan fingerprint density at radius 1 is 1.04 bits per heavy atom. The summed E-state index contributed by atoms with van der Waals surface area (Å²) in [4.78, 5) is 15.5. The first-order valence-corrected chi connectivity index (χ1v) is 10.1. The SMILES string of the molecule is CC(=O)N1CCN(c2cccc(NS(=O)(=O)c3cccc(Cl)c3)c2)CC1. The Bertz CT molecular complexity index is 909. The summed E-state index contributed by atoms with van der Waals surface area (Å²) < 4.78 is 27.7. The third-order valence-corrected chi connectivity index (χ3v) is 5.91. The number of piperazine rings is 1. The van der Waals surface area contributed by atoms with Crippen molar-refractivity contribution in [2.24, 2.45) is 0 Å². The van der Waals surface area contributed by atoms with E-state index in [1.54, 1.807) is 31.2 Å². The molecule has 0 aromatic heterocycles. The van der Waals surface area contributed by atoms with Gasteiger partial charge in [-0.25, -0.2) is 8.42 Å². The molecule has 0 atom stereocenters. The standard InChI is InChI=1S/C18H20ClN3O3S/c1-14(23)21-8-10-22(11-9-21)17-6-3-5-16(13-17)20-26(24,25)18-7-2-4-15(19)12-18/h2-7,12-13,20H,8-11H2,1H3. The van der Waals surface area contributed by atoms with Gasteiger partial charge in [-0.3, -0.25) is 9.52 Å². The lowest BCUT2D eigenvalue weighted by molar-refractivity contribution is -0.129. The normalized spacial score (nSPS) is 15.0. The van der Waals surface area contributed by atoms with Gasteiger partial charge in [0.2, 0.25) is 5.91 Å². The number of benzene rings is 2. The van der Waals surface area contributed by atoms with Crippen LogP contribution in [0.1, 0.15) is 6.92 Å². The van der Waals surface area contributed by atoms with E-state index in [-0.39, 0.29) is 10.8 Å². The maximum Gasteiger partial charge on any atom is 0.261 e. The van der Waals surface area contributed by atoms with Gasteiger partial charge in [-0.05, 0) is 36.4 Å². The highest BCUT2D eigenvalue weighted by Gasteiger charge is 2.20. The van der Waals surface area contributed by atoms with Crippen LogP contribution >= 0.6 is 11.6 Å². The van der Waals surface area contributed by atoms with Crippen LogP contribution in [0.25, 0.3) is 0 Å². The van der Waals surface area contributed by atoms with E-state index in [1.165, 1.54) is 12.1 Å². The number of hydrogen-bond donors (Lipinski definition) is 1. The van der Waals surface area contributed by atoms with Crippen molar-refractivity contribution >= 4 is 38.9 Å². The molecule has 26 heavy (non-hydrogen) atoms. The molecule has 0 radical (unpaired) electrons. The van der Waals surface area contributed by atoms with E-state index in [1.807, 2.05) is 17.0 Å².